The van der Waals surface area contributed by atoms with Crippen molar-refractivity contribution in [3.63, 3.8) is 0 Å². The van der Waals surface area contributed by atoms with Gasteiger partial charge in [-0.25, -0.2) is 4.79 Å². The van der Waals surface area contributed by atoms with E-state index in [-0.39, 0.29) is 6.42 Å². The predicted molar refractivity (Wildman–Crippen MR) is 62.8 cm³/mol. The second-order valence-electron chi connectivity index (χ2n) is 4.33. The van der Waals surface area contributed by atoms with E-state index in [0.717, 1.165) is 0 Å². The van der Waals surface area contributed by atoms with Gasteiger partial charge in [0.15, 0.2) is 6.29 Å². The van der Waals surface area contributed by atoms with Crippen LogP contribution in [-0.4, -0.2) is 40.8 Å². The zero-order valence-electron chi connectivity index (χ0n) is 10.0. The summed E-state index contributed by atoms with van der Waals surface area (Å²) in [6.07, 6.45) is -3.19. The van der Waals surface area contributed by atoms with Gasteiger partial charge in [0.25, 0.3) is 0 Å². The molecule has 5 heteroatoms. The van der Waals surface area contributed by atoms with E-state index < -0.39 is 30.6 Å². The summed E-state index contributed by atoms with van der Waals surface area (Å²) in [5.41, 5.74) is 0.415. The summed E-state index contributed by atoms with van der Waals surface area (Å²) in [6.45, 7) is 1.62. The third kappa shape index (κ3) is 2.87. The van der Waals surface area contributed by atoms with Crippen LogP contribution in [0.15, 0.2) is 30.3 Å². The lowest BCUT2D eigenvalue weighted by molar-refractivity contribution is -0.226. The number of benzene rings is 1. The molecule has 1 aliphatic heterocycles. The van der Waals surface area contributed by atoms with Crippen molar-refractivity contribution in [2.45, 2.75) is 37.9 Å². The highest BCUT2D eigenvalue weighted by molar-refractivity contribution is 5.89. The van der Waals surface area contributed by atoms with Crippen LogP contribution < -0.4 is 0 Å². The molecule has 0 aliphatic carbocycles. The van der Waals surface area contributed by atoms with E-state index in [9.17, 15) is 15.0 Å². The van der Waals surface area contributed by atoms with Crippen LogP contribution in [0.5, 0.6) is 0 Å². The Hall–Kier alpha value is -1.43. The van der Waals surface area contributed by atoms with Crippen molar-refractivity contribution >= 4 is 5.97 Å². The maximum absolute atomic E-state index is 11.8. The van der Waals surface area contributed by atoms with Crippen molar-refractivity contribution in [2.75, 3.05) is 0 Å². The minimum absolute atomic E-state index is 0.0735. The molecule has 1 heterocycles. The van der Waals surface area contributed by atoms with Crippen LogP contribution in [0.25, 0.3) is 0 Å². The number of hydrogen-bond donors (Lipinski definition) is 2. The van der Waals surface area contributed by atoms with Crippen LogP contribution in [0, 0.1) is 0 Å². The fourth-order valence-electron chi connectivity index (χ4n) is 1.92. The van der Waals surface area contributed by atoms with Crippen LogP contribution in [0.3, 0.4) is 0 Å². The Morgan fingerprint density at radius 3 is 2.67 bits per heavy atom. The Morgan fingerprint density at radius 2 is 2.00 bits per heavy atom. The van der Waals surface area contributed by atoms with Gasteiger partial charge in [0.1, 0.15) is 12.2 Å². The summed E-state index contributed by atoms with van der Waals surface area (Å²) < 4.78 is 10.2. The molecule has 0 radical (unpaired) electrons. The Bertz CT molecular complexity index is 405. The molecule has 0 bridgehead atoms. The van der Waals surface area contributed by atoms with Crippen LogP contribution in [0.4, 0.5) is 0 Å². The van der Waals surface area contributed by atoms with Crippen molar-refractivity contribution in [1.29, 1.82) is 0 Å². The molecule has 0 spiro atoms. The van der Waals surface area contributed by atoms with E-state index in [1.807, 2.05) is 0 Å². The molecule has 1 saturated heterocycles. The minimum atomic E-state index is -1.02. The summed E-state index contributed by atoms with van der Waals surface area (Å²) in [4.78, 5) is 11.8. The van der Waals surface area contributed by atoms with Gasteiger partial charge in [0, 0.05) is 6.42 Å². The summed E-state index contributed by atoms with van der Waals surface area (Å²) in [6, 6.07) is 8.52. The largest absolute Gasteiger partial charge is 0.456 e. The lowest BCUT2D eigenvalue weighted by atomic mass is 10.0. The molecule has 5 nitrogen and oxygen atoms in total. The summed E-state index contributed by atoms with van der Waals surface area (Å²) in [5, 5.41) is 19.3. The Labute approximate surface area is 105 Å². The fraction of sp³-hybridized carbons (Fsp3) is 0.462. The van der Waals surface area contributed by atoms with Crippen molar-refractivity contribution in [3.05, 3.63) is 35.9 Å². The van der Waals surface area contributed by atoms with E-state index >= 15 is 0 Å². The van der Waals surface area contributed by atoms with E-state index in [0.29, 0.717) is 5.56 Å². The normalized spacial score (nSPS) is 31.9. The molecule has 0 amide bonds. The molecule has 1 aromatic carbocycles. The predicted octanol–water partition coefficient (Wildman–Crippen LogP) is 0.700. The standard InChI is InChI=1S/C13H16O5/c1-8-12(15)10(7-11(14)17-8)18-13(16)9-5-3-2-4-6-9/h2-6,8,10-12,14-15H,7H2,1H3/t8-,10-,11-,12-/m1/s1. The Balaban J connectivity index is 2.02. The van der Waals surface area contributed by atoms with E-state index in [2.05, 4.69) is 0 Å². The van der Waals surface area contributed by atoms with Gasteiger partial charge in [-0.15, -0.1) is 0 Å². The van der Waals surface area contributed by atoms with Crippen LogP contribution in [0.2, 0.25) is 0 Å². The number of carbonyl (C=O) groups excluding carboxylic acids is 1. The molecule has 4 atom stereocenters. The lowest BCUT2D eigenvalue weighted by Gasteiger charge is -2.35. The van der Waals surface area contributed by atoms with Crippen LogP contribution in [-0.2, 0) is 9.47 Å². The van der Waals surface area contributed by atoms with Gasteiger partial charge in [-0.1, -0.05) is 18.2 Å². The molecular weight excluding hydrogens is 236 g/mol. The Kier molecular flexibility index (Phi) is 3.96. The first-order chi connectivity index (χ1) is 8.58. The highest BCUT2D eigenvalue weighted by Crippen LogP contribution is 2.22. The van der Waals surface area contributed by atoms with E-state index in [4.69, 9.17) is 9.47 Å². The fourth-order valence-corrected chi connectivity index (χ4v) is 1.92. The second-order valence-corrected chi connectivity index (χ2v) is 4.33. The maximum atomic E-state index is 11.8. The van der Waals surface area contributed by atoms with Gasteiger partial charge in [-0.3, -0.25) is 0 Å². The van der Waals surface area contributed by atoms with Crippen molar-refractivity contribution in [2.24, 2.45) is 0 Å². The molecule has 18 heavy (non-hydrogen) atoms. The Morgan fingerprint density at radius 1 is 1.33 bits per heavy atom. The first-order valence-corrected chi connectivity index (χ1v) is 5.85. The summed E-state index contributed by atoms with van der Waals surface area (Å²) in [7, 11) is 0. The van der Waals surface area contributed by atoms with Gasteiger partial charge >= 0.3 is 5.97 Å². The third-order valence-electron chi connectivity index (χ3n) is 2.94. The first kappa shape index (κ1) is 13.0. The van der Waals surface area contributed by atoms with Crippen molar-refractivity contribution < 1.29 is 24.5 Å². The van der Waals surface area contributed by atoms with Crippen molar-refractivity contribution in [1.82, 2.24) is 0 Å². The van der Waals surface area contributed by atoms with Gasteiger partial charge in [0.2, 0.25) is 0 Å². The number of rotatable bonds is 2. The highest BCUT2D eigenvalue weighted by Gasteiger charge is 2.37. The molecule has 1 aliphatic rings. The molecule has 2 rings (SSSR count). The van der Waals surface area contributed by atoms with Crippen LogP contribution in [0.1, 0.15) is 23.7 Å². The molecule has 0 unspecified atom stereocenters. The number of ether oxygens (including phenoxy) is 2. The zero-order chi connectivity index (χ0) is 13.1. The number of aliphatic hydroxyl groups excluding tert-OH is 2. The highest BCUT2D eigenvalue weighted by atomic mass is 16.6. The maximum Gasteiger partial charge on any atom is 0.338 e. The monoisotopic (exact) mass is 252 g/mol. The van der Waals surface area contributed by atoms with E-state index in [1.54, 1.807) is 37.3 Å². The van der Waals surface area contributed by atoms with Gasteiger partial charge in [0.05, 0.1) is 11.7 Å². The molecular formula is C13H16O5. The van der Waals surface area contributed by atoms with Crippen molar-refractivity contribution in [3.8, 4) is 0 Å². The molecule has 98 valence electrons. The molecule has 0 saturated carbocycles. The zero-order valence-corrected chi connectivity index (χ0v) is 10.0. The topological polar surface area (TPSA) is 76.0 Å². The van der Waals surface area contributed by atoms with E-state index in [1.165, 1.54) is 0 Å². The smallest absolute Gasteiger partial charge is 0.338 e. The average molecular weight is 252 g/mol. The number of hydrogen-bond acceptors (Lipinski definition) is 5. The SMILES string of the molecule is C[C@H]1O[C@@H](O)C[C@@H](OC(=O)c2ccccc2)[C@@H]1O. The molecule has 1 aromatic rings. The van der Waals surface area contributed by atoms with Gasteiger partial charge in [-0.05, 0) is 19.1 Å². The first-order valence-electron chi connectivity index (χ1n) is 5.85. The van der Waals surface area contributed by atoms with Gasteiger partial charge < -0.3 is 19.7 Å². The quantitative estimate of drug-likeness (QED) is 0.758. The molecule has 1 fully saturated rings. The number of aliphatic hydroxyl groups is 2. The number of carbonyl (C=O) groups is 1. The summed E-state index contributed by atoms with van der Waals surface area (Å²) in [5.74, 6) is -0.513. The second kappa shape index (κ2) is 5.48. The number of esters is 1. The molecule has 2 N–H and O–H groups in total. The third-order valence-corrected chi connectivity index (χ3v) is 2.94. The minimum Gasteiger partial charge on any atom is -0.456 e. The molecule has 0 aromatic heterocycles. The lowest BCUT2D eigenvalue weighted by Crippen LogP contribution is -2.48. The average Bonchev–Trinajstić information content (AvgIpc) is 2.36. The van der Waals surface area contributed by atoms with Crippen LogP contribution >= 0.6 is 0 Å². The van der Waals surface area contributed by atoms with Gasteiger partial charge in [-0.2, -0.15) is 0 Å². The summed E-state index contributed by atoms with van der Waals surface area (Å²) >= 11 is 0.